The number of aliphatic hydroxyl groups is 1. The highest BCUT2D eigenvalue weighted by Crippen LogP contribution is 2.28. The maximum Gasteiger partial charge on any atom is 0.306 e. The van der Waals surface area contributed by atoms with Gasteiger partial charge >= 0.3 is 5.97 Å². The maximum atomic E-state index is 12.0. The molecule has 0 spiro atoms. The Bertz CT molecular complexity index is 469. The first-order valence-electron chi connectivity index (χ1n) is 7.70. The van der Waals surface area contributed by atoms with Crippen LogP contribution in [0.25, 0.3) is 0 Å². The molecule has 0 saturated heterocycles. The third kappa shape index (κ3) is 4.95. The molecule has 1 fully saturated rings. The molecule has 0 bridgehead atoms. The second kappa shape index (κ2) is 8.13. The number of hydrogen-bond donors (Lipinski definition) is 1. The van der Waals surface area contributed by atoms with Gasteiger partial charge in [0, 0.05) is 9.99 Å². The van der Waals surface area contributed by atoms with Crippen molar-refractivity contribution in [1.29, 1.82) is 0 Å². The van der Waals surface area contributed by atoms with Crippen molar-refractivity contribution in [3.8, 4) is 0 Å². The minimum atomic E-state index is -0.770. The highest BCUT2D eigenvalue weighted by atomic mass is 127. The number of benzene rings is 1. The van der Waals surface area contributed by atoms with Gasteiger partial charge in [0.2, 0.25) is 0 Å². The maximum absolute atomic E-state index is 12.0. The van der Waals surface area contributed by atoms with E-state index in [0.29, 0.717) is 12.3 Å². The highest BCUT2D eigenvalue weighted by Gasteiger charge is 2.24. The summed E-state index contributed by atoms with van der Waals surface area (Å²) in [5.41, 5.74) is 0.816. The van der Waals surface area contributed by atoms with E-state index in [1.165, 1.54) is 19.3 Å². The Morgan fingerprint density at radius 1 is 1.33 bits per heavy atom. The average molecular weight is 402 g/mol. The Balaban J connectivity index is 1.86. The number of halogens is 1. The van der Waals surface area contributed by atoms with E-state index >= 15 is 0 Å². The van der Waals surface area contributed by atoms with Gasteiger partial charge in [0.15, 0.2) is 0 Å². The predicted molar refractivity (Wildman–Crippen MR) is 90.9 cm³/mol. The summed E-state index contributed by atoms with van der Waals surface area (Å²) < 4.78 is 6.42. The molecule has 21 heavy (non-hydrogen) atoms. The molecule has 1 saturated carbocycles. The van der Waals surface area contributed by atoms with Gasteiger partial charge in [0.1, 0.15) is 12.2 Å². The Hall–Kier alpha value is -0.620. The lowest BCUT2D eigenvalue weighted by atomic mass is 9.87. The highest BCUT2D eigenvalue weighted by molar-refractivity contribution is 14.1. The van der Waals surface area contributed by atoms with E-state index in [9.17, 15) is 9.90 Å². The fourth-order valence-corrected chi connectivity index (χ4v) is 3.62. The quantitative estimate of drug-likeness (QED) is 0.593. The van der Waals surface area contributed by atoms with E-state index in [4.69, 9.17) is 4.74 Å². The number of esters is 1. The van der Waals surface area contributed by atoms with Gasteiger partial charge in [0.25, 0.3) is 0 Å². The number of ether oxygens (including phenoxy) is 1. The third-order valence-electron chi connectivity index (χ3n) is 4.17. The average Bonchev–Trinajstić information content (AvgIpc) is 2.48. The van der Waals surface area contributed by atoms with Gasteiger partial charge in [0.05, 0.1) is 0 Å². The molecule has 0 aromatic heterocycles. The molecule has 0 aliphatic heterocycles. The molecule has 1 aromatic rings. The summed E-state index contributed by atoms with van der Waals surface area (Å²) in [7, 11) is 0. The third-order valence-corrected chi connectivity index (χ3v) is 5.15. The molecule has 2 rings (SSSR count). The molecule has 1 N–H and O–H groups in total. The largest absolute Gasteiger partial charge is 0.460 e. The summed E-state index contributed by atoms with van der Waals surface area (Å²) in [6, 6.07) is 7.63. The molecule has 1 aliphatic carbocycles. The van der Waals surface area contributed by atoms with Crippen LogP contribution in [0, 0.1) is 9.49 Å². The second-order valence-corrected chi connectivity index (χ2v) is 7.03. The van der Waals surface area contributed by atoms with E-state index in [1.807, 2.05) is 24.3 Å². The van der Waals surface area contributed by atoms with E-state index in [-0.39, 0.29) is 5.97 Å². The molecule has 1 aromatic carbocycles. The summed E-state index contributed by atoms with van der Waals surface area (Å²) in [6.45, 7) is 1.76. The van der Waals surface area contributed by atoms with Crippen molar-refractivity contribution in [3.05, 3.63) is 33.4 Å². The molecular weight excluding hydrogens is 379 g/mol. The molecule has 0 radical (unpaired) electrons. The van der Waals surface area contributed by atoms with Crippen LogP contribution in [0.4, 0.5) is 0 Å². The zero-order chi connectivity index (χ0) is 15.2. The Labute approximate surface area is 140 Å². The van der Waals surface area contributed by atoms with Gasteiger partial charge in [-0.1, -0.05) is 37.5 Å². The molecule has 4 heteroatoms. The molecule has 0 unspecified atom stereocenters. The minimum absolute atomic E-state index is 0.181. The minimum Gasteiger partial charge on any atom is -0.460 e. The van der Waals surface area contributed by atoms with Crippen molar-refractivity contribution < 1.29 is 14.6 Å². The zero-order valence-electron chi connectivity index (χ0n) is 12.4. The number of carbonyl (C=O) groups is 1. The summed E-state index contributed by atoms with van der Waals surface area (Å²) in [6.07, 6.45) is 5.18. The standard InChI is InChI=1S/C17H23IO3/c1-12(17(20)14-9-5-6-10-15(14)18)21-16(19)11-13-7-3-2-4-8-13/h5-6,9-10,12-13,17,20H,2-4,7-8,11H2,1H3/t12-,17+/m0/s1. The fourth-order valence-electron chi connectivity index (χ4n) is 2.91. The van der Waals surface area contributed by atoms with E-state index in [1.54, 1.807) is 6.92 Å². The molecule has 0 heterocycles. The normalized spacial score (nSPS) is 19.0. The number of hydrogen-bond acceptors (Lipinski definition) is 3. The van der Waals surface area contributed by atoms with Crippen LogP contribution in [0.15, 0.2) is 24.3 Å². The summed E-state index contributed by atoms with van der Waals surface area (Å²) in [5.74, 6) is 0.284. The van der Waals surface area contributed by atoms with Gasteiger partial charge in [-0.3, -0.25) is 4.79 Å². The first-order valence-corrected chi connectivity index (χ1v) is 8.77. The monoisotopic (exact) mass is 402 g/mol. The molecule has 2 atom stereocenters. The zero-order valence-corrected chi connectivity index (χ0v) is 14.6. The van der Waals surface area contributed by atoms with Crippen molar-refractivity contribution in [1.82, 2.24) is 0 Å². The smallest absolute Gasteiger partial charge is 0.306 e. The first kappa shape index (κ1) is 16.7. The van der Waals surface area contributed by atoms with Crippen LogP contribution in [0.2, 0.25) is 0 Å². The Morgan fingerprint density at radius 2 is 2.00 bits per heavy atom. The van der Waals surface area contributed by atoms with Crippen molar-refractivity contribution in [2.45, 2.75) is 57.7 Å². The fraction of sp³-hybridized carbons (Fsp3) is 0.588. The van der Waals surface area contributed by atoms with Crippen LogP contribution in [0.3, 0.4) is 0 Å². The van der Waals surface area contributed by atoms with Gasteiger partial charge in [-0.15, -0.1) is 0 Å². The lowest BCUT2D eigenvalue weighted by Crippen LogP contribution is -2.24. The number of carbonyl (C=O) groups excluding carboxylic acids is 1. The summed E-state index contributed by atoms with van der Waals surface area (Å²) >= 11 is 2.19. The van der Waals surface area contributed by atoms with Crippen LogP contribution in [0.5, 0.6) is 0 Å². The second-order valence-electron chi connectivity index (χ2n) is 5.87. The van der Waals surface area contributed by atoms with Crippen LogP contribution >= 0.6 is 22.6 Å². The van der Waals surface area contributed by atoms with Crippen LogP contribution in [0.1, 0.15) is 57.1 Å². The van der Waals surface area contributed by atoms with Crippen molar-refractivity contribution in [2.24, 2.45) is 5.92 Å². The van der Waals surface area contributed by atoms with Crippen LogP contribution in [-0.2, 0) is 9.53 Å². The van der Waals surface area contributed by atoms with E-state index in [2.05, 4.69) is 22.6 Å². The topological polar surface area (TPSA) is 46.5 Å². The number of rotatable bonds is 5. The Morgan fingerprint density at radius 3 is 2.67 bits per heavy atom. The van der Waals surface area contributed by atoms with Crippen molar-refractivity contribution in [3.63, 3.8) is 0 Å². The van der Waals surface area contributed by atoms with Gasteiger partial charge in [-0.25, -0.2) is 0 Å². The predicted octanol–water partition coefficient (Wildman–Crippen LogP) is 4.23. The molecular formula is C17H23IO3. The first-order chi connectivity index (χ1) is 10.1. The summed E-state index contributed by atoms with van der Waals surface area (Å²) in [4.78, 5) is 12.0. The molecule has 0 amide bonds. The van der Waals surface area contributed by atoms with Gasteiger partial charge in [-0.2, -0.15) is 0 Å². The van der Waals surface area contributed by atoms with E-state index < -0.39 is 12.2 Å². The molecule has 116 valence electrons. The Kier molecular flexibility index (Phi) is 6.48. The molecule has 3 nitrogen and oxygen atoms in total. The van der Waals surface area contributed by atoms with Crippen molar-refractivity contribution in [2.75, 3.05) is 0 Å². The molecule has 1 aliphatic rings. The summed E-state index contributed by atoms with van der Waals surface area (Å²) in [5, 5.41) is 10.3. The lowest BCUT2D eigenvalue weighted by Gasteiger charge is -2.24. The van der Waals surface area contributed by atoms with Gasteiger partial charge < -0.3 is 9.84 Å². The van der Waals surface area contributed by atoms with Crippen LogP contribution in [-0.4, -0.2) is 17.2 Å². The SMILES string of the molecule is C[C@H](OC(=O)CC1CCCCC1)[C@@H](O)c1ccccc1I. The van der Waals surface area contributed by atoms with Crippen LogP contribution < -0.4 is 0 Å². The lowest BCUT2D eigenvalue weighted by molar-refractivity contribution is -0.155. The van der Waals surface area contributed by atoms with E-state index in [0.717, 1.165) is 22.0 Å². The van der Waals surface area contributed by atoms with Gasteiger partial charge in [-0.05, 0) is 59.9 Å². The number of aliphatic hydroxyl groups excluding tert-OH is 1. The van der Waals surface area contributed by atoms with Crippen molar-refractivity contribution >= 4 is 28.6 Å².